The van der Waals surface area contributed by atoms with Gasteiger partial charge in [0.15, 0.2) is 0 Å². The van der Waals surface area contributed by atoms with Crippen LogP contribution < -0.4 is 0 Å². The average Bonchev–Trinajstić information content (AvgIpc) is 2.00. The molecule has 0 aliphatic heterocycles. The van der Waals surface area contributed by atoms with Crippen LogP contribution in [0.4, 0.5) is 0 Å². The average molecular weight is 215 g/mol. The maximum atomic E-state index is 5.52. The Bertz CT molecular complexity index is 154. The standard InChI is InChI=1S/C13H27O2/c1-10(12(3,4)5)14-9-15-11(2)13(6,7)8/h9-11H,1-8H3. The second-order valence-corrected chi connectivity index (χ2v) is 6.38. The molecule has 15 heavy (non-hydrogen) atoms. The number of rotatable bonds is 4. The van der Waals surface area contributed by atoms with Gasteiger partial charge in [0.2, 0.25) is 6.79 Å². The molecule has 2 atom stereocenters. The molecule has 0 saturated heterocycles. The largest absolute Gasteiger partial charge is 0.344 e. The minimum absolute atomic E-state index is 0.144. The highest BCUT2D eigenvalue weighted by molar-refractivity contribution is 4.72. The number of hydrogen-bond donors (Lipinski definition) is 0. The first-order valence-electron chi connectivity index (χ1n) is 5.67. The third-order valence-electron chi connectivity index (χ3n) is 2.96. The van der Waals surface area contributed by atoms with Gasteiger partial charge >= 0.3 is 0 Å². The molecule has 2 unspecified atom stereocenters. The third-order valence-corrected chi connectivity index (χ3v) is 2.96. The first-order valence-corrected chi connectivity index (χ1v) is 5.67. The summed E-state index contributed by atoms with van der Waals surface area (Å²) in [5.41, 5.74) is 0.287. The van der Waals surface area contributed by atoms with Gasteiger partial charge in [-0.1, -0.05) is 41.5 Å². The SMILES string of the molecule is CC(O[CH]OC(C)C(C)(C)C)C(C)(C)C. The molecule has 0 aromatic rings. The summed E-state index contributed by atoms with van der Waals surface area (Å²) >= 11 is 0. The van der Waals surface area contributed by atoms with E-state index in [-0.39, 0.29) is 23.0 Å². The van der Waals surface area contributed by atoms with Gasteiger partial charge in [-0.15, -0.1) is 0 Å². The molecule has 0 fully saturated rings. The zero-order chi connectivity index (χ0) is 12.3. The molecular formula is C13H27O2. The lowest BCUT2D eigenvalue weighted by Crippen LogP contribution is -2.29. The summed E-state index contributed by atoms with van der Waals surface area (Å²) in [7, 11) is 0. The van der Waals surface area contributed by atoms with Gasteiger partial charge in [-0.05, 0) is 24.7 Å². The highest BCUT2D eigenvalue weighted by atomic mass is 16.7. The van der Waals surface area contributed by atoms with Gasteiger partial charge in [-0.2, -0.15) is 0 Å². The van der Waals surface area contributed by atoms with E-state index in [0.29, 0.717) is 0 Å². The Labute approximate surface area is 95.3 Å². The zero-order valence-corrected chi connectivity index (χ0v) is 11.5. The first kappa shape index (κ1) is 14.9. The van der Waals surface area contributed by atoms with Crippen molar-refractivity contribution in [1.82, 2.24) is 0 Å². The van der Waals surface area contributed by atoms with E-state index in [1.807, 2.05) is 0 Å². The molecule has 91 valence electrons. The lowest BCUT2D eigenvalue weighted by molar-refractivity contribution is -0.0956. The predicted octanol–water partition coefficient (Wildman–Crippen LogP) is 4.01. The molecule has 0 amide bonds. The highest BCUT2D eigenvalue weighted by Gasteiger charge is 2.23. The lowest BCUT2D eigenvalue weighted by atomic mass is 9.90. The van der Waals surface area contributed by atoms with E-state index in [0.717, 1.165) is 0 Å². The molecular weight excluding hydrogens is 188 g/mol. The summed E-state index contributed by atoms with van der Waals surface area (Å²) in [5, 5.41) is 0. The fourth-order valence-electron chi connectivity index (χ4n) is 0.607. The Morgan fingerprint density at radius 1 is 0.733 bits per heavy atom. The summed E-state index contributed by atoms with van der Waals surface area (Å²) in [6, 6.07) is 0. The summed E-state index contributed by atoms with van der Waals surface area (Å²) in [6.07, 6.45) is 0.314. The van der Waals surface area contributed by atoms with Gasteiger partial charge in [0.25, 0.3) is 0 Å². The predicted molar refractivity (Wildman–Crippen MR) is 64.3 cm³/mol. The Balaban J connectivity index is 3.81. The fraction of sp³-hybridized carbons (Fsp3) is 0.923. The van der Waals surface area contributed by atoms with E-state index in [1.165, 1.54) is 6.79 Å². The Morgan fingerprint density at radius 3 is 1.20 bits per heavy atom. The van der Waals surface area contributed by atoms with E-state index in [1.54, 1.807) is 0 Å². The third kappa shape index (κ3) is 6.16. The fourth-order valence-corrected chi connectivity index (χ4v) is 0.607. The molecule has 0 bridgehead atoms. The summed E-state index contributed by atoms with van der Waals surface area (Å²) < 4.78 is 11.0. The smallest absolute Gasteiger partial charge is 0.210 e. The molecule has 0 aliphatic rings. The lowest BCUT2D eigenvalue weighted by Gasteiger charge is -2.30. The molecule has 1 radical (unpaired) electrons. The molecule has 0 N–H and O–H groups in total. The molecule has 2 heteroatoms. The molecule has 0 heterocycles. The Kier molecular flexibility index (Phi) is 5.28. The van der Waals surface area contributed by atoms with E-state index in [9.17, 15) is 0 Å². The van der Waals surface area contributed by atoms with Crippen LogP contribution in [-0.2, 0) is 9.47 Å². The molecule has 0 aromatic carbocycles. The van der Waals surface area contributed by atoms with Crippen molar-refractivity contribution < 1.29 is 9.47 Å². The molecule has 0 saturated carbocycles. The summed E-state index contributed by atoms with van der Waals surface area (Å²) in [6.45, 7) is 18.5. The van der Waals surface area contributed by atoms with Gasteiger partial charge < -0.3 is 9.47 Å². The van der Waals surface area contributed by atoms with Crippen LogP contribution in [0, 0.1) is 17.6 Å². The maximum absolute atomic E-state index is 5.52. The van der Waals surface area contributed by atoms with Crippen LogP contribution in [0.25, 0.3) is 0 Å². The maximum Gasteiger partial charge on any atom is 0.210 e. The van der Waals surface area contributed by atoms with Gasteiger partial charge in [-0.25, -0.2) is 0 Å². The van der Waals surface area contributed by atoms with Crippen molar-refractivity contribution in [2.45, 2.75) is 67.6 Å². The topological polar surface area (TPSA) is 18.5 Å². The van der Waals surface area contributed by atoms with Crippen molar-refractivity contribution in [2.24, 2.45) is 10.8 Å². The van der Waals surface area contributed by atoms with Gasteiger partial charge in [-0.3, -0.25) is 0 Å². The van der Waals surface area contributed by atoms with Crippen LogP contribution in [0.3, 0.4) is 0 Å². The van der Waals surface area contributed by atoms with E-state index >= 15 is 0 Å². The second-order valence-electron chi connectivity index (χ2n) is 6.38. The normalized spacial score (nSPS) is 17.6. The van der Waals surface area contributed by atoms with Crippen LogP contribution in [0.15, 0.2) is 0 Å². The van der Waals surface area contributed by atoms with Crippen LogP contribution in [0.5, 0.6) is 0 Å². The van der Waals surface area contributed by atoms with Crippen molar-refractivity contribution >= 4 is 0 Å². The van der Waals surface area contributed by atoms with Crippen molar-refractivity contribution in [2.75, 3.05) is 0 Å². The monoisotopic (exact) mass is 215 g/mol. The first-order chi connectivity index (χ1) is 6.55. The van der Waals surface area contributed by atoms with Crippen molar-refractivity contribution in [3.05, 3.63) is 6.79 Å². The van der Waals surface area contributed by atoms with Crippen LogP contribution >= 0.6 is 0 Å². The minimum atomic E-state index is 0.144. The van der Waals surface area contributed by atoms with Gasteiger partial charge in [0.05, 0.1) is 12.2 Å². The van der Waals surface area contributed by atoms with E-state index < -0.39 is 0 Å². The summed E-state index contributed by atoms with van der Waals surface area (Å²) in [5.74, 6) is 0. The van der Waals surface area contributed by atoms with Crippen LogP contribution in [-0.4, -0.2) is 12.2 Å². The van der Waals surface area contributed by atoms with Crippen molar-refractivity contribution in [3.8, 4) is 0 Å². The van der Waals surface area contributed by atoms with Crippen molar-refractivity contribution in [3.63, 3.8) is 0 Å². The number of hydrogen-bond acceptors (Lipinski definition) is 2. The second kappa shape index (κ2) is 5.31. The quantitative estimate of drug-likeness (QED) is 0.705. The number of ether oxygens (including phenoxy) is 2. The Morgan fingerprint density at radius 2 is 1.00 bits per heavy atom. The van der Waals surface area contributed by atoms with Crippen LogP contribution in [0.2, 0.25) is 0 Å². The minimum Gasteiger partial charge on any atom is -0.344 e. The summed E-state index contributed by atoms with van der Waals surface area (Å²) in [4.78, 5) is 0. The van der Waals surface area contributed by atoms with E-state index in [2.05, 4.69) is 55.4 Å². The van der Waals surface area contributed by atoms with Crippen LogP contribution in [0.1, 0.15) is 55.4 Å². The van der Waals surface area contributed by atoms with E-state index in [4.69, 9.17) is 9.47 Å². The molecule has 0 aliphatic carbocycles. The highest BCUT2D eigenvalue weighted by Crippen LogP contribution is 2.25. The van der Waals surface area contributed by atoms with Crippen molar-refractivity contribution in [1.29, 1.82) is 0 Å². The molecule has 2 nitrogen and oxygen atoms in total. The molecule has 0 spiro atoms. The zero-order valence-electron chi connectivity index (χ0n) is 11.5. The van der Waals surface area contributed by atoms with Gasteiger partial charge in [0, 0.05) is 0 Å². The Hall–Kier alpha value is -0.0800. The molecule has 0 aromatic heterocycles. The molecule has 0 rings (SSSR count). The van der Waals surface area contributed by atoms with Gasteiger partial charge in [0.1, 0.15) is 0 Å².